The van der Waals surface area contributed by atoms with E-state index in [1.807, 2.05) is 0 Å². The van der Waals surface area contributed by atoms with E-state index >= 15 is 0 Å². The van der Waals surface area contributed by atoms with Crippen LogP contribution in [0, 0.1) is 0 Å². The Kier molecular flexibility index (Phi) is 2.25. The molecule has 0 radical (unpaired) electrons. The summed E-state index contributed by atoms with van der Waals surface area (Å²) in [4.78, 5) is 24.0. The number of carbonyl (C=O) groups is 2. The molecule has 1 aliphatic heterocycles. The quantitative estimate of drug-likeness (QED) is 0.695. The second kappa shape index (κ2) is 3.57. The Bertz CT molecular complexity index is 436. The van der Waals surface area contributed by atoms with Crippen molar-refractivity contribution < 1.29 is 14.7 Å². The number of nitrogens with zero attached hydrogens (tertiary/aromatic N) is 1. The molecule has 0 fully saturated rings. The minimum Gasteiger partial charge on any atom is -0.510 e. The maximum Gasteiger partial charge on any atom is 0.261 e. The molecule has 0 bridgehead atoms. The summed E-state index contributed by atoms with van der Waals surface area (Å²) in [5.74, 6) is -0.938. The van der Waals surface area contributed by atoms with Crippen LogP contribution in [0.2, 0.25) is 0 Å². The number of imide groups is 1. The van der Waals surface area contributed by atoms with Crippen LogP contribution in [0.1, 0.15) is 10.4 Å². The molecule has 2 rings (SSSR count). The second-order valence-electron chi connectivity index (χ2n) is 3.23. The van der Waals surface area contributed by atoms with Crippen LogP contribution in [-0.4, -0.2) is 28.4 Å². The second-order valence-corrected chi connectivity index (χ2v) is 3.23. The first kappa shape index (κ1) is 9.45. The van der Waals surface area contributed by atoms with Crippen molar-refractivity contribution in [2.75, 3.05) is 6.54 Å². The highest BCUT2D eigenvalue weighted by Gasteiger charge is 2.27. The molecule has 2 amide bonds. The normalized spacial score (nSPS) is 15.3. The Morgan fingerprint density at radius 2 is 1.93 bits per heavy atom. The number of aliphatic hydroxyl groups excluding tert-OH is 1. The van der Waals surface area contributed by atoms with Gasteiger partial charge in [0.1, 0.15) is 5.76 Å². The molecule has 0 spiro atoms. The fourth-order valence-corrected chi connectivity index (χ4v) is 1.41. The van der Waals surface area contributed by atoms with Gasteiger partial charge in [-0.3, -0.25) is 14.5 Å². The Balaban J connectivity index is 2.21. The molecule has 0 saturated heterocycles. The largest absolute Gasteiger partial charge is 0.510 e. The highest BCUT2D eigenvalue weighted by molar-refractivity contribution is 6.09. The molecule has 0 saturated carbocycles. The summed E-state index contributed by atoms with van der Waals surface area (Å²) in [6, 6.07) is 8.50. The first-order valence-electron chi connectivity index (χ1n) is 4.49. The zero-order valence-electron chi connectivity index (χ0n) is 7.88. The lowest BCUT2D eigenvalue weighted by atomic mass is 10.2. The number of hydrogen-bond donors (Lipinski definition) is 1. The van der Waals surface area contributed by atoms with Crippen LogP contribution >= 0.6 is 0 Å². The Morgan fingerprint density at radius 1 is 1.27 bits per heavy atom. The van der Waals surface area contributed by atoms with Crippen molar-refractivity contribution >= 4 is 11.8 Å². The molecule has 1 aliphatic rings. The standard InChI is InChI=1S/C11H9NO3/c13-9-6-10(14)12(7-9)11(15)8-4-2-1-3-5-8/h1-6,13H,7H2. The van der Waals surface area contributed by atoms with Crippen LogP contribution in [-0.2, 0) is 4.79 Å². The van der Waals surface area contributed by atoms with Crippen molar-refractivity contribution in [1.82, 2.24) is 4.90 Å². The van der Waals surface area contributed by atoms with Gasteiger partial charge in [-0.1, -0.05) is 18.2 Å². The lowest BCUT2D eigenvalue weighted by molar-refractivity contribution is -0.122. The summed E-state index contributed by atoms with van der Waals surface area (Å²) in [5, 5.41) is 9.11. The summed E-state index contributed by atoms with van der Waals surface area (Å²) < 4.78 is 0. The van der Waals surface area contributed by atoms with E-state index in [1.165, 1.54) is 0 Å². The van der Waals surface area contributed by atoms with Gasteiger partial charge in [0.2, 0.25) is 0 Å². The van der Waals surface area contributed by atoms with Crippen LogP contribution in [0.3, 0.4) is 0 Å². The van der Waals surface area contributed by atoms with Crippen LogP contribution < -0.4 is 0 Å². The van der Waals surface area contributed by atoms with E-state index in [1.54, 1.807) is 30.3 Å². The maximum atomic E-state index is 11.8. The van der Waals surface area contributed by atoms with Gasteiger partial charge in [0.05, 0.1) is 6.54 Å². The summed E-state index contributed by atoms with van der Waals surface area (Å²) in [6.45, 7) is -0.0352. The highest BCUT2D eigenvalue weighted by Crippen LogP contribution is 2.12. The molecule has 0 atom stereocenters. The number of amides is 2. The van der Waals surface area contributed by atoms with Gasteiger partial charge in [-0.2, -0.15) is 0 Å². The summed E-state index contributed by atoms with van der Waals surface area (Å²) >= 11 is 0. The van der Waals surface area contributed by atoms with Crippen molar-refractivity contribution in [2.45, 2.75) is 0 Å². The molecule has 0 unspecified atom stereocenters. The molecule has 0 aromatic heterocycles. The Morgan fingerprint density at radius 3 is 2.47 bits per heavy atom. The SMILES string of the molecule is O=C1C=C(O)CN1C(=O)c1ccccc1. The van der Waals surface area contributed by atoms with Crippen molar-refractivity contribution in [2.24, 2.45) is 0 Å². The van der Waals surface area contributed by atoms with Gasteiger partial charge < -0.3 is 5.11 Å². The maximum absolute atomic E-state index is 11.8. The number of aliphatic hydroxyl groups is 1. The number of carbonyl (C=O) groups excluding carboxylic acids is 2. The first-order valence-corrected chi connectivity index (χ1v) is 4.49. The topological polar surface area (TPSA) is 57.6 Å². The van der Waals surface area contributed by atoms with Crippen molar-refractivity contribution in [3.8, 4) is 0 Å². The molecule has 0 aliphatic carbocycles. The predicted molar refractivity (Wildman–Crippen MR) is 53.2 cm³/mol. The monoisotopic (exact) mass is 203 g/mol. The van der Waals surface area contributed by atoms with Crippen molar-refractivity contribution in [1.29, 1.82) is 0 Å². The third kappa shape index (κ3) is 1.74. The summed E-state index contributed by atoms with van der Waals surface area (Å²) in [5.41, 5.74) is 0.439. The fourth-order valence-electron chi connectivity index (χ4n) is 1.41. The minimum absolute atomic E-state index is 0.0352. The molecule has 76 valence electrons. The van der Waals surface area contributed by atoms with E-state index in [9.17, 15) is 9.59 Å². The predicted octanol–water partition coefficient (Wildman–Crippen LogP) is 1.11. The molecule has 4 nitrogen and oxygen atoms in total. The minimum atomic E-state index is -0.471. The molecule has 1 N–H and O–H groups in total. The van der Waals surface area contributed by atoms with Crippen LogP contribution in [0.15, 0.2) is 42.2 Å². The summed E-state index contributed by atoms with van der Waals surface area (Å²) in [6.07, 6.45) is 1.06. The van der Waals surface area contributed by atoms with Crippen LogP contribution in [0.25, 0.3) is 0 Å². The van der Waals surface area contributed by atoms with Crippen molar-refractivity contribution in [3.05, 3.63) is 47.7 Å². The van der Waals surface area contributed by atoms with E-state index in [0.29, 0.717) is 5.56 Å². The van der Waals surface area contributed by atoms with Crippen LogP contribution in [0.5, 0.6) is 0 Å². The van der Waals surface area contributed by atoms with E-state index in [0.717, 1.165) is 11.0 Å². The Hall–Kier alpha value is -2.10. The molecular formula is C11H9NO3. The molecule has 15 heavy (non-hydrogen) atoms. The zero-order valence-corrected chi connectivity index (χ0v) is 7.88. The molecular weight excluding hydrogens is 194 g/mol. The number of benzene rings is 1. The fraction of sp³-hybridized carbons (Fsp3) is 0.0909. The number of rotatable bonds is 1. The average Bonchev–Trinajstić information content (AvgIpc) is 2.58. The van der Waals surface area contributed by atoms with Gasteiger partial charge in [0.25, 0.3) is 11.8 Å². The number of hydrogen-bond acceptors (Lipinski definition) is 3. The van der Waals surface area contributed by atoms with E-state index in [4.69, 9.17) is 5.11 Å². The van der Waals surface area contributed by atoms with E-state index < -0.39 is 5.91 Å². The van der Waals surface area contributed by atoms with Gasteiger partial charge >= 0.3 is 0 Å². The Labute approximate surface area is 86.4 Å². The van der Waals surface area contributed by atoms with Crippen LogP contribution in [0.4, 0.5) is 0 Å². The van der Waals surface area contributed by atoms with Gasteiger partial charge in [0.15, 0.2) is 0 Å². The van der Waals surface area contributed by atoms with Gasteiger partial charge in [-0.15, -0.1) is 0 Å². The first-order chi connectivity index (χ1) is 7.18. The lowest BCUT2D eigenvalue weighted by Gasteiger charge is -2.13. The highest BCUT2D eigenvalue weighted by atomic mass is 16.3. The van der Waals surface area contributed by atoms with Gasteiger partial charge in [0, 0.05) is 11.6 Å². The van der Waals surface area contributed by atoms with E-state index in [-0.39, 0.29) is 18.2 Å². The zero-order chi connectivity index (χ0) is 10.8. The molecule has 1 aromatic rings. The molecule has 1 heterocycles. The summed E-state index contributed by atoms with van der Waals surface area (Å²) in [7, 11) is 0. The molecule has 1 aromatic carbocycles. The van der Waals surface area contributed by atoms with E-state index in [2.05, 4.69) is 0 Å². The third-order valence-electron chi connectivity index (χ3n) is 2.14. The average molecular weight is 203 g/mol. The lowest BCUT2D eigenvalue weighted by Crippen LogP contribution is -2.32. The van der Waals surface area contributed by atoms with Gasteiger partial charge in [-0.25, -0.2) is 0 Å². The van der Waals surface area contributed by atoms with Gasteiger partial charge in [-0.05, 0) is 12.1 Å². The third-order valence-corrected chi connectivity index (χ3v) is 2.14. The van der Waals surface area contributed by atoms with Crippen molar-refractivity contribution in [3.63, 3.8) is 0 Å². The smallest absolute Gasteiger partial charge is 0.261 e. The molecule has 4 heteroatoms.